The van der Waals surface area contributed by atoms with Crippen LogP contribution < -0.4 is 0 Å². The summed E-state index contributed by atoms with van der Waals surface area (Å²) in [5, 5.41) is 0. The van der Waals surface area contributed by atoms with Gasteiger partial charge >= 0.3 is 0 Å². The molecule has 0 spiro atoms. The van der Waals surface area contributed by atoms with Crippen molar-refractivity contribution >= 4 is 0 Å². The number of rotatable bonds is 0. The summed E-state index contributed by atoms with van der Waals surface area (Å²) in [4.78, 5) is 0. The van der Waals surface area contributed by atoms with Gasteiger partial charge in [0.1, 0.15) is 5.83 Å². The van der Waals surface area contributed by atoms with E-state index in [0.29, 0.717) is 6.42 Å². The van der Waals surface area contributed by atoms with Gasteiger partial charge in [0, 0.05) is 6.42 Å². The normalized spacial score (nSPS) is 14.2. The van der Waals surface area contributed by atoms with Crippen LogP contribution in [-0.2, 0) is 0 Å². The Balaban J connectivity index is 0. The van der Waals surface area contributed by atoms with Gasteiger partial charge < -0.3 is 0 Å². The van der Waals surface area contributed by atoms with Gasteiger partial charge in [0.15, 0.2) is 0 Å². The fourth-order valence-corrected chi connectivity index (χ4v) is 0.716. The first-order chi connectivity index (χ1) is 5.79. The minimum absolute atomic E-state index is 0.00981. The molecule has 72 valence electrons. The molecule has 0 aromatic carbocycles. The Hall–Kier alpha value is -0.590. The number of allylic oxidation sites excluding steroid dienone is 4. The van der Waals surface area contributed by atoms with E-state index in [1.165, 1.54) is 5.57 Å². The Bertz CT molecular complexity index is 125. The van der Waals surface area contributed by atoms with Crippen molar-refractivity contribution < 1.29 is 4.39 Å². The van der Waals surface area contributed by atoms with Gasteiger partial charge in [-0.2, -0.15) is 0 Å². The highest BCUT2D eigenvalue weighted by molar-refractivity contribution is 5.18. The highest BCUT2D eigenvalue weighted by Crippen LogP contribution is 2.17. The lowest BCUT2D eigenvalue weighted by molar-refractivity contribution is 0.582. The zero-order valence-electron chi connectivity index (χ0n) is 8.95. The summed E-state index contributed by atoms with van der Waals surface area (Å²) in [7, 11) is 0. The minimum Gasteiger partial charge on any atom is -0.212 e. The van der Waals surface area contributed by atoms with Crippen molar-refractivity contribution in [3.05, 3.63) is 23.6 Å². The lowest BCUT2D eigenvalue weighted by Gasteiger charge is -2.02. The van der Waals surface area contributed by atoms with Gasteiger partial charge in [-0.05, 0) is 19.4 Å². The van der Waals surface area contributed by atoms with Crippen LogP contribution in [0.3, 0.4) is 0 Å². The second-order valence-corrected chi connectivity index (χ2v) is 2.13. The highest BCUT2D eigenvalue weighted by Gasteiger charge is 1.99. The maximum atomic E-state index is 12.2. The lowest BCUT2D eigenvalue weighted by Crippen LogP contribution is -1.84. The third-order valence-electron chi connectivity index (χ3n) is 1.31. The first-order valence-corrected chi connectivity index (χ1v) is 4.81. The van der Waals surface area contributed by atoms with E-state index in [2.05, 4.69) is 0 Å². The van der Waals surface area contributed by atoms with E-state index in [1.807, 2.05) is 40.7 Å². The molecule has 1 aliphatic rings. The van der Waals surface area contributed by atoms with Gasteiger partial charge in [0.25, 0.3) is 0 Å². The minimum atomic E-state index is 0.00981. The van der Waals surface area contributed by atoms with Crippen molar-refractivity contribution in [3.63, 3.8) is 0 Å². The molecule has 0 saturated carbocycles. The van der Waals surface area contributed by atoms with Gasteiger partial charge in [0.05, 0.1) is 0 Å². The smallest absolute Gasteiger partial charge is 0.100 e. The Morgan fingerprint density at radius 1 is 1.00 bits per heavy atom. The standard InChI is InChI=1S/C7H9F.2C2H6/c1-6-2-4-7(8)5-3-6;2*1-2/h2,4H,3,5H2,1H3;2*1-2H3. The molecular weight excluding hydrogens is 151 g/mol. The van der Waals surface area contributed by atoms with E-state index < -0.39 is 0 Å². The van der Waals surface area contributed by atoms with Gasteiger partial charge in [-0.15, -0.1) is 0 Å². The first-order valence-electron chi connectivity index (χ1n) is 4.81. The molecule has 0 nitrogen and oxygen atoms in total. The molecule has 0 bridgehead atoms. The molecule has 0 amide bonds. The molecule has 12 heavy (non-hydrogen) atoms. The average molecular weight is 172 g/mol. The van der Waals surface area contributed by atoms with Crippen LogP contribution in [0, 0.1) is 0 Å². The van der Waals surface area contributed by atoms with Gasteiger partial charge in [-0.3, -0.25) is 0 Å². The second-order valence-electron chi connectivity index (χ2n) is 2.13. The lowest BCUT2D eigenvalue weighted by atomic mass is 10.1. The Labute approximate surface area is 76.2 Å². The molecule has 0 saturated heterocycles. The van der Waals surface area contributed by atoms with E-state index in [0.717, 1.165) is 6.42 Å². The second kappa shape index (κ2) is 10.4. The maximum Gasteiger partial charge on any atom is 0.100 e. The van der Waals surface area contributed by atoms with E-state index in [1.54, 1.807) is 6.08 Å². The maximum absolute atomic E-state index is 12.2. The third-order valence-corrected chi connectivity index (χ3v) is 1.31. The molecule has 0 atom stereocenters. The predicted molar refractivity (Wildman–Crippen MR) is 54.9 cm³/mol. The molecule has 0 fully saturated rings. The average Bonchev–Trinajstić information content (AvgIpc) is 2.17. The van der Waals surface area contributed by atoms with Crippen molar-refractivity contribution in [2.24, 2.45) is 0 Å². The van der Waals surface area contributed by atoms with Crippen molar-refractivity contribution in [2.45, 2.75) is 47.5 Å². The van der Waals surface area contributed by atoms with Crippen LogP contribution in [0.5, 0.6) is 0 Å². The molecule has 0 heterocycles. The van der Waals surface area contributed by atoms with Crippen molar-refractivity contribution in [1.82, 2.24) is 0 Å². The molecule has 1 heteroatoms. The summed E-state index contributed by atoms with van der Waals surface area (Å²) in [6, 6.07) is 0. The monoisotopic (exact) mass is 172 g/mol. The van der Waals surface area contributed by atoms with Crippen LogP contribution in [0.25, 0.3) is 0 Å². The van der Waals surface area contributed by atoms with Crippen molar-refractivity contribution in [3.8, 4) is 0 Å². The van der Waals surface area contributed by atoms with Gasteiger partial charge in [-0.1, -0.05) is 39.3 Å². The van der Waals surface area contributed by atoms with E-state index in [4.69, 9.17) is 0 Å². The van der Waals surface area contributed by atoms with Crippen LogP contribution in [0.1, 0.15) is 47.5 Å². The molecule has 0 radical (unpaired) electrons. The predicted octanol–water partition coefficient (Wildman–Crippen LogP) is 4.63. The molecule has 0 aromatic rings. The van der Waals surface area contributed by atoms with Gasteiger partial charge in [0.2, 0.25) is 0 Å². The molecule has 0 aliphatic heterocycles. The SMILES string of the molecule is CC.CC.CC1=CC=C(F)CC1. The van der Waals surface area contributed by atoms with Gasteiger partial charge in [-0.25, -0.2) is 4.39 Å². The molecular formula is C11H21F. The fourth-order valence-electron chi connectivity index (χ4n) is 0.716. The van der Waals surface area contributed by atoms with Crippen LogP contribution in [0.4, 0.5) is 4.39 Å². The highest BCUT2D eigenvalue weighted by atomic mass is 19.1. The zero-order chi connectivity index (χ0) is 9.98. The summed E-state index contributed by atoms with van der Waals surface area (Å²) in [6.45, 7) is 10.0. The van der Waals surface area contributed by atoms with Crippen molar-refractivity contribution in [2.75, 3.05) is 0 Å². The van der Waals surface area contributed by atoms with E-state index >= 15 is 0 Å². The van der Waals surface area contributed by atoms with Crippen LogP contribution in [0.15, 0.2) is 23.6 Å². The third kappa shape index (κ3) is 7.52. The molecule has 0 aromatic heterocycles. The van der Waals surface area contributed by atoms with Crippen LogP contribution in [0.2, 0.25) is 0 Å². The number of hydrogen-bond acceptors (Lipinski definition) is 0. The van der Waals surface area contributed by atoms with E-state index in [9.17, 15) is 4.39 Å². The Morgan fingerprint density at radius 2 is 1.50 bits per heavy atom. The largest absolute Gasteiger partial charge is 0.212 e. The van der Waals surface area contributed by atoms with Crippen molar-refractivity contribution in [1.29, 1.82) is 0 Å². The summed E-state index contributed by atoms with van der Waals surface area (Å²) >= 11 is 0. The summed E-state index contributed by atoms with van der Waals surface area (Å²) in [5.41, 5.74) is 1.27. The zero-order valence-corrected chi connectivity index (χ0v) is 8.95. The molecule has 0 N–H and O–H groups in total. The first kappa shape index (κ1) is 14.0. The Kier molecular flexibility index (Phi) is 12.1. The summed E-state index contributed by atoms with van der Waals surface area (Å²) in [5.74, 6) is 0.00981. The number of halogens is 1. The summed E-state index contributed by atoms with van der Waals surface area (Å²) in [6.07, 6.45) is 4.86. The molecule has 0 unspecified atom stereocenters. The quantitative estimate of drug-likeness (QED) is 0.499. The Morgan fingerprint density at radius 3 is 1.75 bits per heavy atom. The number of hydrogen-bond donors (Lipinski definition) is 0. The fraction of sp³-hybridized carbons (Fsp3) is 0.636. The summed E-state index contributed by atoms with van der Waals surface area (Å²) < 4.78 is 12.2. The van der Waals surface area contributed by atoms with Crippen LogP contribution >= 0.6 is 0 Å². The molecule has 1 rings (SSSR count). The van der Waals surface area contributed by atoms with E-state index in [-0.39, 0.29) is 5.83 Å². The molecule has 1 aliphatic carbocycles. The topological polar surface area (TPSA) is 0 Å². The van der Waals surface area contributed by atoms with Crippen LogP contribution in [-0.4, -0.2) is 0 Å².